The molecule has 7 heteroatoms. The predicted molar refractivity (Wildman–Crippen MR) is 95.2 cm³/mol. The van der Waals surface area contributed by atoms with Crippen molar-refractivity contribution in [1.82, 2.24) is 0 Å². The quantitative estimate of drug-likeness (QED) is 0.313. The van der Waals surface area contributed by atoms with E-state index in [0.717, 1.165) is 17.6 Å². The SMILES string of the molecule is C=C1CC2COC(=O)C2(Cc2ccc(OS(=O)(=O)CCCCl)cc2)C1. The number of alkyl halides is 1. The summed E-state index contributed by atoms with van der Waals surface area (Å²) in [5.41, 5.74) is 1.52. The molecule has 1 aliphatic heterocycles. The summed E-state index contributed by atoms with van der Waals surface area (Å²) in [5, 5.41) is 0. The summed E-state index contributed by atoms with van der Waals surface area (Å²) in [6.45, 7) is 4.49. The summed E-state index contributed by atoms with van der Waals surface area (Å²) >= 11 is 5.51. The fraction of sp³-hybridized carbons (Fsp3) is 0.500. The molecule has 1 aromatic carbocycles. The Morgan fingerprint density at radius 1 is 1.32 bits per heavy atom. The predicted octanol–water partition coefficient (Wildman–Crippen LogP) is 3.08. The molecule has 2 aliphatic rings. The van der Waals surface area contributed by atoms with E-state index in [2.05, 4.69) is 6.58 Å². The second kappa shape index (κ2) is 7.00. The Balaban J connectivity index is 1.71. The van der Waals surface area contributed by atoms with E-state index >= 15 is 0 Å². The minimum Gasteiger partial charge on any atom is -0.465 e. The van der Waals surface area contributed by atoms with Crippen LogP contribution in [0.4, 0.5) is 0 Å². The highest BCUT2D eigenvalue weighted by atomic mass is 35.5. The van der Waals surface area contributed by atoms with Gasteiger partial charge in [-0.05, 0) is 43.4 Å². The second-order valence-corrected chi connectivity index (χ2v) is 8.86. The Morgan fingerprint density at radius 2 is 2.04 bits per heavy atom. The van der Waals surface area contributed by atoms with Gasteiger partial charge in [-0.2, -0.15) is 8.42 Å². The van der Waals surface area contributed by atoms with Crippen molar-refractivity contribution in [1.29, 1.82) is 0 Å². The third-order valence-corrected chi connectivity index (χ3v) is 6.40. The van der Waals surface area contributed by atoms with Gasteiger partial charge in [-0.15, -0.1) is 11.6 Å². The van der Waals surface area contributed by atoms with Crippen LogP contribution >= 0.6 is 11.6 Å². The van der Waals surface area contributed by atoms with Gasteiger partial charge in [-0.25, -0.2) is 0 Å². The zero-order valence-corrected chi connectivity index (χ0v) is 15.4. The minimum absolute atomic E-state index is 0.114. The van der Waals surface area contributed by atoms with Crippen LogP contribution in [0.3, 0.4) is 0 Å². The molecular weight excluding hydrogens is 364 g/mol. The molecule has 2 unspecified atom stereocenters. The molecule has 1 aromatic rings. The number of carbonyl (C=O) groups excluding carboxylic acids is 1. The molecule has 0 spiro atoms. The number of rotatable bonds is 7. The number of benzene rings is 1. The maximum Gasteiger partial charge on any atom is 0.313 e. The van der Waals surface area contributed by atoms with E-state index in [4.69, 9.17) is 20.5 Å². The van der Waals surface area contributed by atoms with Crippen molar-refractivity contribution in [2.45, 2.75) is 25.7 Å². The van der Waals surface area contributed by atoms with Gasteiger partial charge >= 0.3 is 16.1 Å². The van der Waals surface area contributed by atoms with E-state index in [-0.39, 0.29) is 29.3 Å². The Morgan fingerprint density at radius 3 is 2.72 bits per heavy atom. The van der Waals surface area contributed by atoms with E-state index in [0.29, 0.717) is 25.9 Å². The van der Waals surface area contributed by atoms with Crippen LogP contribution in [0, 0.1) is 11.3 Å². The van der Waals surface area contributed by atoms with Crippen molar-refractivity contribution in [3.63, 3.8) is 0 Å². The molecule has 25 heavy (non-hydrogen) atoms. The summed E-state index contributed by atoms with van der Waals surface area (Å²) in [5.74, 6) is 0.445. The zero-order valence-electron chi connectivity index (χ0n) is 13.9. The molecule has 2 atom stereocenters. The first-order valence-corrected chi connectivity index (χ1v) is 10.4. The topological polar surface area (TPSA) is 69.7 Å². The van der Waals surface area contributed by atoms with E-state index < -0.39 is 15.5 Å². The average molecular weight is 385 g/mol. The van der Waals surface area contributed by atoms with Crippen LogP contribution in [-0.2, 0) is 26.1 Å². The number of hydrogen-bond acceptors (Lipinski definition) is 5. The lowest BCUT2D eigenvalue weighted by Gasteiger charge is -2.24. The number of allylic oxidation sites excluding steroid dienone is 1. The summed E-state index contributed by atoms with van der Waals surface area (Å²) in [6, 6.07) is 6.82. The van der Waals surface area contributed by atoms with Crippen LogP contribution in [0.5, 0.6) is 5.75 Å². The average Bonchev–Trinajstić information content (AvgIpc) is 3.02. The van der Waals surface area contributed by atoms with Gasteiger partial charge in [0.25, 0.3) is 0 Å². The van der Waals surface area contributed by atoms with E-state index in [1.54, 1.807) is 24.3 Å². The lowest BCUT2D eigenvalue weighted by molar-refractivity contribution is -0.146. The van der Waals surface area contributed by atoms with Crippen LogP contribution < -0.4 is 4.18 Å². The number of cyclic esters (lactones) is 1. The number of ether oxygens (including phenoxy) is 1. The zero-order chi connectivity index (χ0) is 18.1. The summed E-state index contributed by atoms with van der Waals surface area (Å²) in [6.07, 6.45) is 2.39. The third-order valence-electron chi connectivity index (χ3n) is 4.90. The Bertz CT molecular complexity index is 771. The molecule has 1 saturated carbocycles. The van der Waals surface area contributed by atoms with Crippen molar-refractivity contribution < 1.29 is 22.1 Å². The molecule has 0 bridgehead atoms. The van der Waals surface area contributed by atoms with Gasteiger partial charge in [0.15, 0.2) is 0 Å². The first-order valence-electron chi connectivity index (χ1n) is 8.25. The van der Waals surface area contributed by atoms with Crippen LogP contribution in [0.15, 0.2) is 36.4 Å². The van der Waals surface area contributed by atoms with Gasteiger partial charge in [0.05, 0.1) is 17.8 Å². The molecule has 136 valence electrons. The number of esters is 1. The van der Waals surface area contributed by atoms with Gasteiger partial charge < -0.3 is 8.92 Å². The van der Waals surface area contributed by atoms with Crippen molar-refractivity contribution in [2.24, 2.45) is 11.3 Å². The van der Waals surface area contributed by atoms with Gasteiger partial charge in [0.1, 0.15) is 5.75 Å². The number of fused-ring (bicyclic) bond motifs is 1. The van der Waals surface area contributed by atoms with Crippen LogP contribution in [0.2, 0.25) is 0 Å². The molecule has 3 rings (SSSR count). The molecule has 0 radical (unpaired) electrons. The Kier molecular flexibility index (Phi) is 5.11. The molecule has 5 nitrogen and oxygen atoms in total. The Labute approximate surface area is 153 Å². The van der Waals surface area contributed by atoms with Gasteiger partial charge in [-0.3, -0.25) is 4.79 Å². The smallest absolute Gasteiger partial charge is 0.313 e. The monoisotopic (exact) mass is 384 g/mol. The maximum atomic E-state index is 12.3. The molecule has 1 aliphatic carbocycles. The largest absolute Gasteiger partial charge is 0.465 e. The Hall–Kier alpha value is -1.53. The molecule has 0 amide bonds. The van der Waals surface area contributed by atoms with Gasteiger partial charge in [-0.1, -0.05) is 24.3 Å². The highest BCUT2D eigenvalue weighted by molar-refractivity contribution is 7.87. The summed E-state index contributed by atoms with van der Waals surface area (Å²) in [7, 11) is -3.63. The number of hydrogen-bond donors (Lipinski definition) is 0. The minimum atomic E-state index is -3.63. The first-order chi connectivity index (χ1) is 11.8. The normalized spacial score (nSPS) is 25.7. The maximum absolute atomic E-state index is 12.3. The second-order valence-electron chi connectivity index (χ2n) is 6.79. The third kappa shape index (κ3) is 3.85. The summed E-state index contributed by atoms with van der Waals surface area (Å²) < 4.78 is 33.9. The lowest BCUT2D eigenvalue weighted by atomic mass is 9.75. The molecule has 2 fully saturated rings. The highest BCUT2D eigenvalue weighted by Crippen LogP contribution is 2.52. The molecule has 1 heterocycles. The van der Waals surface area contributed by atoms with Crippen LogP contribution in [0.25, 0.3) is 0 Å². The van der Waals surface area contributed by atoms with Crippen molar-refractivity contribution in [2.75, 3.05) is 18.2 Å². The summed E-state index contributed by atoms with van der Waals surface area (Å²) in [4.78, 5) is 12.3. The fourth-order valence-corrected chi connectivity index (χ4v) is 4.99. The number of halogens is 1. The van der Waals surface area contributed by atoms with E-state index in [1.807, 2.05) is 0 Å². The fourth-order valence-electron chi connectivity index (χ4n) is 3.71. The van der Waals surface area contributed by atoms with Gasteiger partial charge in [0.2, 0.25) is 0 Å². The van der Waals surface area contributed by atoms with Crippen molar-refractivity contribution in [3.05, 3.63) is 42.0 Å². The lowest BCUT2D eigenvalue weighted by Crippen LogP contribution is -2.31. The van der Waals surface area contributed by atoms with Crippen LogP contribution in [0.1, 0.15) is 24.8 Å². The van der Waals surface area contributed by atoms with E-state index in [9.17, 15) is 13.2 Å². The first kappa shape index (κ1) is 18.3. The molecule has 1 saturated heterocycles. The van der Waals surface area contributed by atoms with Crippen molar-refractivity contribution >= 4 is 27.7 Å². The standard InChI is InChI=1S/C18H21ClO5S/c1-13-9-15-12-23-17(20)18(15,10-13)11-14-3-5-16(6-4-14)24-25(21,22)8-2-7-19/h3-6,15H,1-2,7-12H2. The molecular formula is C18H21ClO5S. The molecule has 0 aromatic heterocycles. The van der Waals surface area contributed by atoms with Crippen LogP contribution in [-0.4, -0.2) is 32.6 Å². The van der Waals surface area contributed by atoms with Crippen molar-refractivity contribution in [3.8, 4) is 5.75 Å². The highest BCUT2D eigenvalue weighted by Gasteiger charge is 2.55. The van der Waals surface area contributed by atoms with E-state index in [1.165, 1.54) is 0 Å². The van der Waals surface area contributed by atoms with Gasteiger partial charge in [0, 0.05) is 11.8 Å². The molecule has 0 N–H and O–H groups in total. The number of carbonyl (C=O) groups is 1.